The quantitative estimate of drug-likeness (QED) is 0.769. The fourth-order valence-electron chi connectivity index (χ4n) is 3.45. The summed E-state index contributed by atoms with van der Waals surface area (Å²) in [5, 5.41) is 1.04. The van der Waals surface area contributed by atoms with Crippen LogP contribution < -0.4 is 9.64 Å². The van der Waals surface area contributed by atoms with Gasteiger partial charge in [0.25, 0.3) is 11.8 Å². The van der Waals surface area contributed by atoms with Gasteiger partial charge >= 0.3 is 0 Å². The molecule has 0 saturated carbocycles. The van der Waals surface area contributed by atoms with Gasteiger partial charge in [-0.25, -0.2) is 9.97 Å². The third-order valence-corrected chi connectivity index (χ3v) is 4.81. The number of benzene rings is 1. The molecular weight excluding hydrogens is 342 g/mol. The number of nitrogens with zero attached hydrogens (tertiary/aromatic N) is 4. The fourth-order valence-corrected chi connectivity index (χ4v) is 3.45. The summed E-state index contributed by atoms with van der Waals surface area (Å²) in [6.45, 7) is 1.29. The van der Waals surface area contributed by atoms with Crippen molar-refractivity contribution in [1.82, 2.24) is 19.9 Å². The van der Waals surface area contributed by atoms with Gasteiger partial charge in [-0.15, -0.1) is 0 Å². The highest BCUT2D eigenvalue weighted by atomic mass is 16.5. The number of rotatable bonds is 4. The van der Waals surface area contributed by atoms with Crippen LogP contribution in [0.1, 0.15) is 23.2 Å². The van der Waals surface area contributed by atoms with Crippen molar-refractivity contribution in [1.29, 1.82) is 0 Å². The fraction of sp³-hybridized carbons (Fsp3) is 0.350. The first-order chi connectivity index (χ1) is 13.1. The third kappa shape index (κ3) is 3.58. The Morgan fingerprint density at radius 2 is 2.11 bits per heavy atom. The van der Waals surface area contributed by atoms with Crippen LogP contribution in [0.5, 0.6) is 5.88 Å². The van der Waals surface area contributed by atoms with Gasteiger partial charge in [0, 0.05) is 55.7 Å². The second kappa shape index (κ2) is 7.26. The highest BCUT2D eigenvalue weighted by molar-refractivity contribution is 5.98. The summed E-state index contributed by atoms with van der Waals surface area (Å²) in [7, 11) is 3.81. The largest absolute Gasteiger partial charge is 0.470 e. The second-order valence-corrected chi connectivity index (χ2v) is 6.99. The van der Waals surface area contributed by atoms with E-state index in [2.05, 4.69) is 15.0 Å². The van der Waals surface area contributed by atoms with E-state index in [9.17, 15) is 4.79 Å². The number of anilines is 1. The van der Waals surface area contributed by atoms with Crippen molar-refractivity contribution in [2.24, 2.45) is 0 Å². The number of nitrogens with one attached hydrogen (secondary N) is 1. The average Bonchev–Trinajstić information content (AvgIpc) is 3.15. The van der Waals surface area contributed by atoms with Gasteiger partial charge in [-0.1, -0.05) is 0 Å². The topological polar surface area (TPSA) is 74.3 Å². The number of H-pyrrole nitrogens is 1. The van der Waals surface area contributed by atoms with E-state index in [1.807, 2.05) is 54.4 Å². The zero-order valence-electron chi connectivity index (χ0n) is 15.6. The highest BCUT2D eigenvalue weighted by Gasteiger charge is 2.27. The molecule has 27 heavy (non-hydrogen) atoms. The van der Waals surface area contributed by atoms with Crippen LogP contribution in [0.4, 0.5) is 5.82 Å². The molecule has 140 valence electrons. The molecule has 1 aromatic carbocycles. The number of piperidine rings is 1. The van der Waals surface area contributed by atoms with Gasteiger partial charge in [0.1, 0.15) is 6.10 Å². The number of carbonyl (C=O) groups is 1. The molecule has 4 rings (SSSR count). The van der Waals surface area contributed by atoms with Crippen molar-refractivity contribution < 1.29 is 9.53 Å². The van der Waals surface area contributed by atoms with E-state index >= 15 is 0 Å². The van der Waals surface area contributed by atoms with Crippen molar-refractivity contribution in [2.75, 3.05) is 32.1 Å². The van der Waals surface area contributed by atoms with Crippen LogP contribution in [0.2, 0.25) is 0 Å². The summed E-state index contributed by atoms with van der Waals surface area (Å²) in [4.78, 5) is 28.5. The summed E-state index contributed by atoms with van der Waals surface area (Å²) < 4.78 is 6.11. The smallest absolute Gasteiger partial charge is 0.257 e. The van der Waals surface area contributed by atoms with Gasteiger partial charge in [-0.05, 0) is 37.1 Å². The molecule has 7 nitrogen and oxygen atoms in total. The van der Waals surface area contributed by atoms with E-state index in [4.69, 9.17) is 4.74 Å². The maximum atomic E-state index is 13.0. The van der Waals surface area contributed by atoms with Gasteiger partial charge in [-0.3, -0.25) is 4.79 Å². The van der Waals surface area contributed by atoms with Crippen LogP contribution >= 0.6 is 0 Å². The lowest BCUT2D eigenvalue weighted by Crippen LogP contribution is -2.44. The van der Waals surface area contributed by atoms with Crippen LogP contribution in [0.15, 0.2) is 42.9 Å². The van der Waals surface area contributed by atoms with Gasteiger partial charge in [0.05, 0.1) is 6.54 Å². The number of amides is 1. The normalized spacial score (nSPS) is 17.1. The standard InChI is InChI=1S/C20H23N5O2/c1-24(2)18-19(23-10-9-22-18)27-16-4-3-11-25(13-16)20(26)15-5-6-17-14(12-15)7-8-21-17/h5-10,12,16,21H,3-4,11,13H2,1-2H3. The molecule has 1 saturated heterocycles. The van der Waals surface area contributed by atoms with Crippen LogP contribution in [-0.4, -0.2) is 59.0 Å². The van der Waals surface area contributed by atoms with Gasteiger partial charge in [-0.2, -0.15) is 0 Å². The van der Waals surface area contributed by atoms with Crippen LogP contribution in [0.25, 0.3) is 10.9 Å². The molecule has 0 radical (unpaired) electrons. The monoisotopic (exact) mass is 365 g/mol. The van der Waals surface area contributed by atoms with Gasteiger partial charge in [0.15, 0.2) is 5.82 Å². The van der Waals surface area contributed by atoms with E-state index in [1.165, 1.54) is 0 Å². The first-order valence-corrected chi connectivity index (χ1v) is 9.13. The van der Waals surface area contributed by atoms with Crippen LogP contribution in [0, 0.1) is 0 Å². The Labute approximate surface area is 158 Å². The minimum absolute atomic E-state index is 0.0402. The minimum atomic E-state index is -0.0888. The van der Waals surface area contributed by atoms with E-state index in [1.54, 1.807) is 12.4 Å². The van der Waals surface area contributed by atoms with E-state index in [0.29, 0.717) is 23.8 Å². The molecular formula is C20H23N5O2. The number of fused-ring (bicyclic) bond motifs is 1. The highest BCUT2D eigenvalue weighted by Crippen LogP contribution is 2.25. The molecule has 1 unspecified atom stereocenters. The van der Waals surface area contributed by atoms with Crippen molar-refractivity contribution in [3.63, 3.8) is 0 Å². The average molecular weight is 365 g/mol. The summed E-state index contributed by atoms with van der Waals surface area (Å²) in [6, 6.07) is 7.73. The second-order valence-electron chi connectivity index (χ2n) is 6.99. The minimum Gasteiger partial charge on any atom is -0.470 e. The summed E-state index contributed by atoms with van der Waals surface area (Å²) >= 11 is 0. The Kier molecular flexibility index (Phi) is 4.66. The number of ether oxygens (including phenoxy) is 1. The molecule has 7 heteroatoms. The molecule has 2 aromatic heterocycles. The predicted octanol–water partition coefficient (Wildman–Crippen LogP) is 2.71. The maximum absolute atomic E-state index is 13.0. The number of aromatic amines is 1. The molecule has 1 fully saturated rings. The van der Waals surface area contributed by atoms with Crippen LogP contribution in [0.3, 0.4) is 0 Å². The number of likely N-dealkylation sites (tertiary alicyclic amines) is 1. The number of hydrogen-bond acceptors (Lipinski definition) is 5. The van der Waals surface area contributed by atoms with Gasteiger partial charge in [0.2, 0.25) is 0 Å². The summed E-state index contributed by atoms with van der Waals surface area (Å²) in [5.41, 5.74) is 1.74. The van der Waals surface area contributed by atoms with Crippen molar-refractivity contribution in [2.45, 2.75) is 18.9 Å². The molecule has 1 aliphatic rings. The third-order valence-electron chi connectivity index (χ3n) is 4.81. The van der Waals surface area contributed by atoms with Crippen LogP contribution in [-0.2, 0) is 0 Å². The van der Waals surface area contributed by atoms with Crippen molar-refractivity contribution >= 4 is 22.6 Å². The molecule has 0 bridgehead atoms. The van der Waals surface area contributed by atoms with Crippen molar-refractivity contribution in [3.05, 3.63) is 48.4 Å². The molecule has 1 atom stereocenters. The first kappa shape index (κ1) is 17.3. The lowest BCUT2D eigenvalue weighted by atomic mass is 10.1. The Morgan fingerprint density at radius 1 is 1.26 bits per heavy atom. The Balaban J connectivity index is 1.48. The van der Waals surface area contributed by atoms with E-state index < -0.39 is 0 Å². The van der Waals surface area contributed by atoms with Gasteiger partial charge < -0.3 is 19.5 Å². The number of aromatic nitrogens is 3. The lowest BCUT2D eigenvalue weighted by Gasteiger charge is -2.33. The summed E-state index contributed by atoms with van der Waals surface area (Å²) in [5.74, 6) is 1.24. The Morgan fingerprint density at radius 3 is 2.96 bits per heavy atom. The predicted molar refractivity (Wildman–Crippen MR) is 104 cm³/mol. The molecule has 3 heterocycles. The zero-order valence-corrected chi connectivity index (χ0v) is 15.6. The number of carbonyl (C=O) groups excluding carboxylic acids is 1. The maximum Gasteiger partial charge on any atom is 0.257 e. The Hall–Kier alpha value is -3.09. The molecule has 1 amide bonds. The van der Waals surface area contributed by atoms with E-state index in [-0.39, 0.29) is 12.0 Å². The first-order valence-electron chi connectivity index (χ1n) is 9.13. The molecule has 1 aliphatic heterocycles. The SMILES string of the molecule is CN(C)c1nccnc1OC1CCCN(C(=O)c2ccc3[nH]ccc3c2)C1. The number of hydrogen-bond donors (Lipinski definition) is 1. The molecule has 3 aromatic rings. The molecule has 0 aliphatic carbocycles. The summed E-state index contributed by atoms with van der Waals surface area (Å²) in [6.07, 6.45) is 6.86. The van der Waals surface area contributed by atoms with E-state index in [0.717, 1.165) is 30.3 Å². The Bertz CT molecular complexity index is 952. The molecule has 0 spiro atoms. The zero-order chi connectivity index (χ0) is 18.8. The van der Waals surface area contributed by atoms with Crippen molar-refractivity contribution in [3.8, 4) is 5.88 Å². The molecule has 1 N–H and O–H groups in total. The lowest BCUT2D eigenvalue weighted by molar-refractivity contribution is 0.0528.